The van der Waals surface area contributed by atoms with Crippen molar-refractivity contribution in [3.63, 3.8) is 0 Å². The number of hydrogen-bond donors (Lipinski definition) is 0. The van der Waals surface area contributed by atoms with Crippen LogP contribution >= 0.6 is 0 Å². The molecule has 12 atom stereocenters. The van der Waals surface area contributed by atoms with E-state index in [1.54, 1.807) is 0 Å². The summed E-state index contributed by atoms with van der Waals surface area (Å²) in [5.74, 6) is 8.87. The van der Waals surface area contributed by atoms with Crippen molar-refractivity contribution in [2.75, 3.05) is 0 Å². The molecule has 6 saturated carbocycles. The number of ether oxygens (including phenoxy) is 1. The molecule has 0 spiro atoms. The van der Waals surface area contributed by atoms with Gasteiger partial charge in [0.05, 0.1) is 5.92 Å². The van der Waals surface area contributed by atoms with Crippen LogP contribution in [0.3, 0.4) is 0 Å². The SMILES string of the molecule is CCC1CC(CC)C2C3CC(CC3C(=O)OC3(CC)CC4CC3C3CCCC43)C12. The molecule has 29 heavy (non-hydrogen) atoms. The first kappa shape index (κ1) is 19.2. The molecule has 2 nitrogen and oxygen atoms in total. The zero-order chi connectivity index (χ0) is 19.9. The molecule has 6 aliphatic carbocycles. The lowest BCUT2D eigenvalue weighted by molar-refractivity contribution is -0.178. The average molecular weight is 399 g/mol. The molecule has 0 saturated heterocycles. The zero-order valence-corrected chi connectivity index (χ0v) is 18.9. The Morgan fingerprint density at radius 1 is 0.862 bits per heavy atom. The van der Waals surface area contributed by atoms with Gasteiger partial charge in [-0.15, -0.1) is 0 Å². The van der Waals surface area contributed by atoms with Gasteiger partial charge < -0.3 is 4.74 Å². The molecule has 4 bridgehead atoms. The van der Waals surface area contributed by atoms with Crippen LogP contribution in [0.1, 0.15) is 91.4 Å². The highest BCUT2D eigenvalue weighted by atomic mass is 16.6. The van der Waals surface area contributed by atoms with Gasteiger partial charge in [-0.25, -0.2) is 0 Å². The lowest BCUT2D eigenvalue weighted by atomic mass is 9.70. The Hall–Kier alpha value is -0.530. The van der Waals surface area contributed by atoms with Crippen molar-refractivity contribution in [3.8, 4) is 0 Å². The number of carbonyl (C=O) groups excluding carboxylic acids is 1. The summed E-state index contributed by atoms with van der Waals surface area (Å²) in [5.41, 5.74) is -0.0969. The topological polar surface area (TPSA) is 26.3 Å². The van der Waals surface area contributed by atoms with E-state index >= 15 is 0 Å². The third-order valence-corrected chi connectivity index (χ3v) is 11.7. The third kappa shape index (κ3) is 2.50. The van der Waals surface area contributed by atoms with E-state index in [1.807, 2.05) is 0 Å². The second-order valence-corrected chi connectivity index (χ2v) is 12.1. The lowest BCUT2D eigenvalue weighted by Gasteiger charge is -2.43. The fraction of sp³-hybridized carbons (Fsp3) is 0.963. The molecule has 12 unspecified atom stereocenters. The van der Waals surface area contributed by atoms with Crippen molar-refractivity contribution in [2.24, 2.45) is 65.1 Å². The predicted molar refractivity (Wildman–Crippen MR) is 115 cm³/mol. The van der Waals surface area contributed by atoms with Gasteiger partial charge in [-0.05, 0) is 105 Å². The number of carbonyl (C=O) groups is 1. The van der Waals surface area contributed by atoms with E-state index in [-0.39, 0.29) is 17.5 Å². The van der Waals surface area contributed by atoms with Gasteiger partial charge in [0.15, 0.2) is 0 Å². The van der Waals surface area contributed by atoms with E-state index in [2.05, 4.69) is 20.8 Å². The maximum absolute atomic E-state index is 13.6. The Labute approximate surface area is 177 Å². The minimum atomic E-state index is -0.0969. The van der Waals surface area contributed by atoms with Crippen LogP contribution in [0.2, 0.25) is 0 Å². The molecule has 0 aromatic carbocycles. The largest absolute Gasteiger partial charge is 0.459 e. The zero-order valence-electron chi connectivity index (χ0n) is 18.9. The molecule has 0 N–H and O–H groups in total. The molecule has 162 valence electrons. The minimum Gasteiger partial charge on any atom is -0.459 e. The molecular weight excluding hydrogens is 356 g/mol. The Morgan fingerprint density at radius 2 is 1.62 bits per heavy atom. The lowest BCUT2D eigenvalue weighted by Crippen LogP contribution is -2.47. The molecule has 0 aromatic heterocycles. The predicted octanol–water partition coefficient (Wildman–Crippen LogP) is 6.48. The van der Waals surface area contributed by atoms with E-state index in [0.29, 0.717) is 11.8 Å². The van der Waals surface area contributed by atoms with Crippen LogP contribution in [-0.4, -0.2) is 11.6 Å². The highest BCUT2D eigenvalue weighted by Crippen LogP contribution is 2.67. The van der Waals surface area contributed by atoms with Crippen molar-refractivity contribution in [2.45, 2.75) is 97.0 Å². The summed E-state index contributed by atoms with van der Waals surface area (Å²) in [4.78, 5) is 13.6. The van der Waals surface area contributed by atoms with Crippen molar-refractivity contribution in [1.29, 1.82) is 0 Å². The van der Waals surface area contributed by atoms with Gasteiger partial charge in [-0.2, -0.15) is 0 Å². The molecular formula is C27H42O2. The highest BCUT2D eigenvalue weighted by Gasteiger charge is 2.64. The van der Waals surface area contributed by atoms with Crippen molar-refractivity contribution in [1.82, 2.24) is 0 Å². The third-order valence-electron chi connectivity index (χ3n) is 11.7. The van der Waals surface area contributed by atoms with E-state index in [1.165, 1.54) is 57.8 Å². The number of fused-ring (bicyclic) bond motifs is 10. The Kier molecular flexibility index (Phi) is 4.45. The standard InChI is InChI=1S/C27H42O2/c1-4-15-10-16(5-2)25-21-11-17(24(15)25)12-22(21)26(28)29-27(6-3)14-18-13-23(27)20-9-7-8-19(18)20/h15-25H,4-14H2,1-3H3. The first-order valence-corrected chi connectivity index (χ1v) is 13.3. The smallest absolute Gasteiger partial charge is 0.309 e. The Bertz CT molecular complexity index is 671. The molecule has 0 aliphatic heterocycles. The number of esters is 1. The summed E-state index contributed by atoms with van der Waals surface area (Å²) in [6, 6.07) is 0. The van der Waals surface area contributed by atoms with Gasteiger partial charge >= 0.3 is 5.97 Å². The van der Waals surface area contributed by atoms with Crippen molar-refractivity contribution < 1.29 is 9.53 Å². The van der Waals surface area contributed by atoms with E-state index in [4.69, 9.17) is 4.74 Å². The number of hydrogen-bond acceptors (Lipinski definition) is 2. The molecule has 6 fully saturated rings. The maximum atomic E-state index is 13.6. The van der Waals surface area contributed by atoms with Crippen LogP contribution in [0, 0.1) is 65.1 Å². The normalized spacial score (nSPS) is 56.7. The van der Waals surface area contributed by atoms with E-state index < -0.39 is 0 Å². The van der Waals surface area contributed by atoms with Gasteiger partial charge in [0.1, 0.15) is 5.60 Å². The first-order valence-electron chi connectivity index (χ1n) is 13.3. The van der Waals surface area contributed by atoms with Crippen LogP contribution in [0.15, 0.2) is 0 Å². The molecule has 0 radical (unpaired) electrons. The summed E-state index contributed by atoms with van der Waals surface area (Å²) in [6.07, 6.45) is 14.4. The molecule has 0 aromatic rings. The molecule has 0 heterocycles. The summed E-state index contributed by atoms with van der Waals surface area (Å²) in [7, 11) is 0. The van der Waals surface area contributed by atoms with Gasteiger partial charge in [0, 0.05) is 5.92 Å². The van der Waals surface area contributed by atoms with Crippen LogP contribution in [-0.2, 0) is 9.53 Å². The average Bonchev–Trinajstić information content (AvgIpc) is 3.53. The summed E-state index contributed by atoms with van der Waals surface area (Å²) in [5, 5.41) is 0. The van der Waals surface area contributed by atoms with Gasteiger partial charge in [-0.1, -0.05) is 40.0 Å². The molecule has 6 rings (SSSR count). The van der Waals surface area contributed by atoms with Crippen molar-refractivity contribution in [3.05, 3.63) is 0 Å². The first-order chi connectivity index (χ1) is 14.1. The molecule has 6 aliphatic rings. The summed E-state index contributed by atoms with van der Waals surface area (Å²) in [6.45, 7) is 7.08. The quantitative estimate of drug-likeness (QED) is 0.495. The number of rotatable bonds is 5. The van der Waals surface area contributed by atoms with Gasteiger partial charge in [0.2, 0.25) is 0 Å². The van der Waals surface area contributed by atoms with Crippen LogP contribution in [0.4, 0.5) is 0 Å². The fourth-order valence-corrected chi connectivity index (χ4v) is 10.8. The second-order valence-electron chi connectivity index (χ2n) is 12.1. The summed E-state index contributed by atoms with van der Waals surface area (Å²) >= 11 is 0. The van der Waals surface area contributed by atoms with E-state index in [0.717, 1.165) is 60.2 Å². The van der Waals surface area contributed by atoms with Gasteiger partial charge in [-0.3, -0.25) is 4.79 Å². The Morgan fingerprint density at radius 3 is 2.38 bits per heavy atom. The minimum absolute atomic E-state index is 0.0969. The summed E-state index contributed by atoms with van der Waals surface area (Å²) < 4.78 is 6.66. The molecule has 2 heteroatoms. The van der Waals surface area contributed by atoms with Crippen molar-refractivity contribution >= 4 is 5.97 Å². The second kappa shape index (κ2) is 6.73. The van der Waals surface area contributed by atoms with Gasteiger partial charge in [0.25, 0.3) is 0 Å². The highest BCUT2D eigenvalue weighted by molar-refractivity contribution is 5.74. The van der Waals surface area contributed by atoms with Crippen LogP contribution in [0.25, 0.3) is 0 Å². The maximum Gasteiger partial charge on any atom is 0.309 e. The van der Waals surface area contributed by atoms with Crippen LogP contribution in [0.5, 0.6) is 0 Å². The fourth-order valence-electron chi connectivity index (χ4n) is 10.8. The molecule has 0 amide bonds. The van der Waals surface area contributed by atoms with Crippen LogP contribution < -0.4 is 0 Å². The Balaban J connectivity index is 1.20. The monoisotopic (exact) mass is 398 g/mol. The van der Waals surface area contributed by atoms with E-state index in [9.17, 15) is 4.79 Å².